The Morgan fingerprint density at radius 3 is 2.72 bits per heavy atom. The molecule has 0 radical (unpaired) electrons. The molecule has 1 aromatic rings. The fourth-order valence-corrected chi connectivity index (χ4v) is 3.14. The summed E-state index contributed by atoms with van der Waals surface area (Å²) in [5.41, 5.74) is 1.64. The van der Waals surface area contributed by atoms with Gasteiger partial charge in [-0.1, -0.05) is 6.07 Å². The number of hydrogen-bond donors (Lipinski definition) is 2. The Morgan fingerprint density at radius 2 is 2.12 bits per heavy atom. The number of methoxy groups -OCH3 is 1. The Morgan fingerprint density at radius 1 is 1.40 bits per heavy atom. The third-order valence-corrected chi connectivity index (χ3v) is 4.46. The van der Waals surface area contributed by atoms with Crippen LogP contribution in [0.15, 0.2) is 29.5 Å². The van der Waals surface area contributed by atoms with Crippen LogP contribution in [0.25, 0.3) is 0 Å². The maximum absolute atomic E-state index is 12.6. The average Bonchev–Trinajstić information content (AvgIpc) is 3.41. The van der Waals surface area contributed by atoms with Crippen LogP contribution in [0.5, 0.6) is 11.5 Å². The van der Waals surface area contributed by atoms with Gasteiger partial charge >= 0.3 is 12.0 Å². The lowest BCUT2D eigenvalue weighted by atomic mass is 9.94. The summed E-state index contributed by atoms with van der Waals surface area (Å²) in [7, 11) is 1.32. The van der Waals surface area contributed by atoms with Crippen LogP contribution >= 0.6 is 0 Å². The zero-order chi connectivity index (χ0) is 18.1. The van der Waals surface area contributed by atoms with E-state index in [4.69, 9.17) is 9.47 Å². The number of amides is 2. The molecule has 7 heteroatoms. The molecule has 0 aromatic heterocycles. The topological polar surface area (TPSA) is 88.1 Å². The van der Waals surface area contributed by atoms with Crippen molar-refractivity contribution in [2.75, 3.05) is 13.7 Å². The quantitative estimate of drug-likeness (QED) is 0.800. The van der Waals surface area contributed by atoms with Gasteiger partial charge in [-0.3, -0.25) is 4.90 Å². The number of esters is 1. The van der Waals surface area contributed by atoms with E-state index in [1.165, 1.54) is 13.2 Å². The van der Waals surface area contributed by atoms with Crippen molar-refractivity contribution in [1.29, 1.82) is 0 Å². The van der Waals surface area contributed by atoms with Crippen molar-refractivity contribution in [3.8, 4) is 11.5 Å². The largest absolute Gasteiger partial charge is 0.504 e. The van der Waals surface area contributed by atoms with E-state index in [9.17, 15) is 14.7 Å². The number of carbonyl (C=O) groups excluding carboxylic acids is 2. The summed E-state index contributed by atoms with van der Waals surface area (Å²) in [6.07, 6.45) is 1.86. The van der Waals surface area contributed by atoms with Gasteiger partial charge in [0, 0.05) is 11.7 Å². The first-order chi connectivity index (χ1) is 12.0. The summed E-state index contributed by atoms with van der Waals surface area (Å²) < 4.78 is 10.3. The van der Waals surface area contributed by atoms with Gasteiger partial charge in [0.15, 0.2) is 11.5 Å². The highest BCUT2D eigenvalue weighted by atomic mass is 16.5. The number of allylic oxidation sites excluding steroid dienone is 1. The maximum atomic E-state index is 12.6. The molecule has 1 saturated carbocycles. The molecule has 0 unspecified atom stereocenters. The maximum Gasteiger partial charge on any atom is 0.337 e. The van der Waals surface area contributed by atoms with Gasteiger partial charge in [0.2, 0.25) is 0 Å². The van der Waals surface area contributed by atoms with Gasteiger partial charge in [-0.2, -0.15) is 0 Å². The summed E-state index contributed by atoms with van der Waals surface area (Å²) in [6, 6.07) is 4.03. The Hall–Kier alpha value is -2.70. The molecule has 3 rings (SSSR count). The van der Waals surface area contributed by atoms with Crippen LogP contribution in [0.4, 0.5) is 4.79 Å². The summed E-state index contributed by atoms with van der Waals surface area (Å²) in [6.45, 7) is 3.97. The minimum atomic E-state index is -0.658. The highest BCUT2D eigenvalue weighted by Crippen LogP contribution is 2.39. The summed E-state index contributed by atoms with van der Waals surface area (Å²) in [4.78, 5) is 26.6. The van der Waals surface area contributed by atoms with Gasteiger partial charge in [0.05, 0.1) is 25.3 Å². The van der Waals surface area contributed by atoms with Gasteiger partial charge < -0.3 is 19.9 Å². The van der Waals surface area contributed by atoms with Crippen molar-refractivity contribution in [1.82, 2.24) is 10.2 Å². The average molecular weight is 346 g/mol. The molecule has 1 aliphatic carbocycles. The smallest absolute Gasteiger partial charge is 0.337 e. The zero-order valence-corrected chi connectivity index (χ0v) is 14.5. The molecular formula is C18H22N2O5. The van der Waals surface area contributed by atoms with E-state index < -0.39 is 12.0 Å². The van der Waals surface area contributed by atoms with Crippen LogP contribution in [-0.2, 0) is 9.53 Å². The predicted octanol–water partition coefficient (Wildman–Crippen LogP) is 2.47. The van der Waals surface area contributed by atoms with Crippen molar-refractivity contribution in [2.24, 2.45) is 0 Å². The van der Waals surface area contributed by atoms with Crippen molar-refractivity contribution >= 4 is 12.0 Å². The molecule has 7 nitrogen and oxygen atoms in total. The monoisotopic (exact) mass is 346 g/mol. The number of phenols is 1. The molecule has 2 amide bonds. The molecule has 0 spiro atoms. The van der Waals surface area contributed by atoms with E-state index in [1.807, 2.05) is 6.92 Å². The number of nitrogens with one attached hydrogen (secondary N) is 1. The van der Waals surface area contributed by atoms with Crippen molar-refractivity contribution in [3.05, 3.63) is 35.0 Å². The van der Waals surface area contributed by atoms with Gasteiger partial charge in [0.25, 0.3) is 0 Å². The number of phenolic OH excluding ortho intramolecular Hbond substituents is 1. The van der Waals surface area contributed by atoms with E-state index in [0.29, 0.717) is 29.2 Å². The lowest BCUT2D eigenvalue weighted by Crippen LogP contribution is -2.48. The third kappa shape index (κ3) is 3.14. The van der Waals surface area contributed by atoms with Crippen molar-refractivity contribution in [2.45, 2.75) is 38.8 Å². The Labute approximate surface area is 146 Å². The van der Waals surface area contributed by atoms with E-state index in [2.05, 4.69) is 5.32 Å². The van der Waals surface area contributed by atoms with Crippen LogP contribution in [0, 0.1) is 0 Å². The third-order valence-electron chi connectivity index (χ3n) is 4.46. The Bertz CT molecular complexity index is 739. The van der Waals surface area contributed by atoms with Crippen molar-refractivity contribution < 1.29 is 24.2 Å². The number of rotatable bonds is 5. The fraction of sp³-hybridized carbons (Fsp3) is 0.444. The highest BCUT2D eigenvalue weighted by molar-refractivity contribution is 5.95. The number of aromatic hydroxyl groups is 1. The molecule has 2 N–H and O–H groups in total. The molecule has 25 heavy (non-hydrogen) atoms. The first kappa shape index (κ1) is 17.1. The van der Waals surface area contributed by atoms with Crippen LogP contribution in [0.2, 0.25) is 0 Å². The summed E-state index contributed by atoms with van der Waals surface area (Å²) in [5, 5.41) is 12.8. The fourth-order valence-electron chi connectivity index (χ4n) is 3.14. The predicted molar refractivity (Wildman–Crippen MR) is 90.1 cm³/mol. The summed E-state index contributed by atoms with van der Waals surface area (Å²) >= 11 is 0. The van der Waals surface area contributed by atoms with Crippen LogP contribution in [0.3, 0.4) is 0 Å². The normalized spacial score (nSPS) is 20.4. The lowest BCUT2D eigenvalue weighted by Gasteiger charge is -2.35. The standard InChI is InChI=1S/C18H22N2O5/c1-4-25-14-9-11(5-8-13(14)21)16-15(17(22)24-3)10(2)20(12-6-7-12)18(23)19-16/h5,8-9,12,16,21H,4,6-7H2,1-3H3,(H,19,23)/t16-/m0/s1. The zero-order valence-electron chi connectivity index (χ0n) is 14.5. The Balaban J connectivity index is 2.06. The molecule has 1 aliphatic heterocycles. The number of ether oxygens (including phenoxy) is 2. The second-order valence-corrected chi connectivity index (χ2v) is 6.13. The van der Waals surface area contributed by atoms with E-state index in [1.54, 1.807) is 24.0 Å². The molecule has 1 aromatic carbocycles. The lowest BCUT2D eigenvalue weighted by molar-refractivity contribution is -0.136. The molecule has 2 aliphatic rings. The number of benzene rings is 1. The number of hydrogen-bond acceptors (Lipinski definition) is 5. The van der Waals surface area contributed by atoms with Gasteiger partial charge in [-0.15, -0.1) is 0 Å². The molecule has 0 saturated heterocycles. The highest BCUT2D eigenvalue weighted by Gasteiger charge is 2.42. The van der Waals surface area contributed by atoms with Crippen LogP contribution in [0.1, 0.15) is 38.3 Å². The second kappa shape index (κ2) is 6.66. The van der Waals surface area contributed by atoms with E-state index in [-0.39, 0.29) is 17.8 Å². The van der Waals surface area contributed by atoms with Gasteiger partial charge in [-0.25, -0.2) is 9.59 Å². The minimum absolute atomic E-state index is 0.00709. The van der Waals surface area contributed by atoms with Gasteiger partial charge in [0.1, 0.15) is 0 Å². The SMILES string of the molecule is CCOc1cc([C@@H]2NC(=O)N(C3CC3)C(C)=C2C(=O)OC)ccc1O. The first-order valence-electron chi connectivity index (χ1n) is 8.32. The molecule has 1 fully saturated rings. The van der Waals surface area contributed by atoms with Crippen LogP contribution in [-0.4, -0.2) is 41.8 Å². The van der Waals surface area contributed by atoms with E-state index in [0.717, 1.165) is 12.8 Å². The second-order valence-electron chi connectivity index (χ2n) is 6.13. The number of carbonyl (C=O) groups is 2. The molecule has 0 bridgehead atoms. The summed E-state index contributed by atoms with van der Waals surface area (Å²) in [5.74, 6) is -0.174. The first-order valence-corrected chi connectivity index (χ1v) is 8.32. The minimum Gasteiger partial charge on any atom is -0.504 e. The Kier molecular flexibility index (Phi) is 4.57. The number of nitrogens with zero attached hydrogens (tertiary/aromatic N) is 1. The van der Waals surface area contributed by atoms with Gasteiger partial charge in [-0.05, 0) is 44.4 Å². The van der Waals surface area contributed by atoms with Crippen LogP contribution < -0.4 is 10.1 Å². The molecular weight excluding hydrogens is 324 g/mol. The number of urea groups is 1. The molecule has 1 heterocycles. The van der Waals surface area contributed by atoms with E-state index >= 15 is 0 Å². The molecule has 134 valence electrons. The van der Waals surface area contributed by atoms with Crippen molar-refractivity contribution in [3.63, 3.8) is 0 Å². The molecule has 1 atom stereocenters.